The Kier molecular flexibility index (Phi) is 6.96. The minimum atomic E-state index is -0.731. The molecule has 0 aromatic heterocycles. The summed E-state index contributed by atoms with van der Waals surface area (Å²) in [4.78, 5) is 11.3. The standard InChI is InChI=1S/C11H22N2O3/c1-5-6-16-8-9(12)7-13-11(2,3)10(14)15-4/h5,9,13H,1,6-8,12H2,2-4H3. The lowest BCUT2D eigenvalue weighted by molar-refractivity contribution is -0.147. The number of rotatable bonds is 8. The Morgan fingerprint density at radius 1 is 1.62 bits per heavy atom. The average molecular weight is 230 g/mol. The number of carbonyl (C=O) groups excluding carboxylic acids is 1. The number of methoxy groups -OCH3 is 1. The number of hydrogen-bond donors (Lipinski definition) is 2. The lowest BCUT2D eigenvalue weighted by atomic mass is 10.1. The fourth-order valence-electron chi connectivity index (χ4n) is 1.08. The smallest absolute Gasteiger partial charge is 0.325 e. The molecule has 0 aromatic rings. The van der Waals surface area contributed by atoms with Gasteiger partial charge in [-0.15, -0.1) is 6.58 Å². The zero-order valence-corrected chi connectivity index (χ0v) is 10.3. The summed E-state index contributed by atoms with van der Waals surface area (Å²) in [5.74, 6) is -0.313. The molecule has 0 spiro atoms. The van der Waals surface area contributed by atoms with Crippen LogP contribution in [0, 0.1) is 0 Å². The highest BCUT2D eigenvalue weighted by atomic mass is 16.5. The van der Waals surface area contributed by atoms with Crippen LogP contribution < -0.4 is 11.1 Å². The van der Waals surface area contributed by atoms with Crippen LogP contribution in [0.2, 0.25) is 0 Å². The number of nitrogens with two attached hydrogens (primary N) is 1. The molecule has 0 aliphatic heterocycles. The maximum Gasteiger partial charge on any atom is 0.325 e. The van der Waals surface area contributed by atoms with Gasteiger partial charge in [0.25, 0.3) is 0 Å². The first-order valence-electron chi connectivity index (χ1n) is 5.21. The third-order valence-corrected chi connectivity index (χ3v) is 2.07. The number of ether oxygens (including phenoxy) is 2. The van der Waals surface area contributed by atoms with E-state index in [9.17, 15) is 4.79 Å². The summed E-state index contributed by atoms with van der Waals surface area (Å²) in [6.07, 6.45) is 1.67. The summed E-state index contributed by atoms with van der Waals surface area (Å²) in [5, 5.41) is 3.03. The summed E-state index contributed by atoms with van der Waals surface area (Å²) in [5.41, 5.74) is 5.06. The van der Waals surface area contributed by atoms with E-state index in [1.165, 1.54) is 7.11 Å². The molecule has 1 unspecified atom stereocenters. The first kappa shape index (κ1) is 15.1. The molecule has 0 amide bonds. The van der Waals surface area contributed by atoms with Crippen LogP contribution in [0.15, 0.2) is 12.7 Å². The summed E-state index contributed by atoms with van der Waals surface area (Å²) in [6.45, 7) is 8.42. The van der Waals surface area contributed by atoms with E-state index < -0.39 is 5.54 Å². The summed E-state index contributed by atoms with van der Waals surface area (Å²) < 4.78 is 9.86. The number of nitrogens with one attached hydrogen (secondary N) is 1. The van der Waals surface area contributed by atoms with Gasteiger partial charge in [0.1, 0.15) is 5.54 Å². The van der Waals surface area contributed by atoms with E-state index >= 15 is 0 Å². The molecule has 0 aliphatic rings. The van der Waals surface area contributed by atoms with Gasteiger partial charge in [0, 0.05) is 12.6 Å². The lowest BCUT2D eigenvalue weighted by Crippen LogP contribution is -2.52. The van der Waals surface area contributed by atoms with Crippen molar-refractivity contribution in [3.63, 3.8) is 0 Å². The Morgan fingerprint density at radius 3 is 2.75 bits per heavy atom. The molecule has 0 saturated heterocycles. The Balaban J connectivity index is 3.85. The average Bonchev–Trinajstić information content (AvgIpc) is 2.25. The first-order valence-corrected chi connectivity index (χ1v) is 5.21. The largest absolute Gasteiger partial charge is 0.468 e. The van der Waals surface area contributed by atoms with E-state index in [0.29, 0.717) is 19.8 Å². The van der Waals surface area contributed by atoms with Crippen LogP contribution in [0.1, 0.15) is 13.8 Å². The topological polar surface area (TPSA) is 73.6 Å². The highest BCUT2D eigenvalue weighted by Crippen LogP contribution is 2.03. The monoisotopic (exact) mass is 230 g/mol. The molecule has 5 heteroatoms. The molecule has 0 aromatic carbocycles. The van der Waals surface area contributed by atoms with Crippen molar-refractivity contribution in [2.24, 2.45) is 5.73 Å². The predicted molar refractivity (Wildman–Crippen MR) is 63.1 cm³/mol. The normalized spacial score (nSPS) is 13.2. The highest BCUT2D eigenvalue weighted by molar-refractivity contribution is 5.79. The SMILES string of the molecule is C=CCOCC(N)CNC(C)(C)C(=O)OC. The molecule has 1 atom stereocenters. The van der Waals surface area contributed by atoms with Crippen molar-refractivity contribution in [2.75, 3.05) is 26.9 Å². The van der Waals surface area contributed by atoms with Crippen LogP contribution in [0.5, 0.6) is 0 Å². The van der Waals surface area contributed by atoms with Gasteiger partial charge in [0.15, 0.2) is 0 Å². The van der Waals surface area contributed by atoms with Crippen molar-refractivity contribution in [3.05, 3.63) is 12.7 Å². The summed E-state index contributed by atoms with van der Waals surface area (Å²) in [7, 11) is 1.36. The molecule has 0 saturated carbocycles. The van der Waals surface area contributed by atoms with Crippen LogP contribution >= 0.6 is 0 Å². The summed E-state index contributed by atoms with van der Waals surface area (Å²) >= 11 is 0. The minimum absolute atomic E-state index is 0.163. The third-order valence-electron chi connectivity index (χ3n) is 2.07. The Hall–Kier alpha value is -0.910. The molecule has 0 fully saturated rings. The highest BCUT2D eigenvalue weighted by Gasteiger charge is 2.28. The zero-order valence-electron chi connectivity index (χ0n) is 10.3. The molecule has 0 radical (unpaired) electrons. The molecule has 94 valence electrons. The van der Waals surface area contributed by atoms with Crippen LogP contribution in [0.4, 0.5) is 0 Å². The molecule has 3 N–H and O–H groups in total. The van der Waals surface area contributed by atoms with Gasteiger partial charge >= 0.3 is 5.97 Å². The van der Waals surface area contributed by atoms with Gasteiger partial charge in [-0.3, -0.25) is 4.79 Å². The van der Waals surface area contributed by atoms with Gasteiger partial charge < -0.3 is 20.5 Å². The van der Waals surface area contributed by atoms with Crippen molar-refractivity contribution >= 4 is 5.97 Å². The van der Waals surface area contributed by atoms with E-state index in [-0.39, 0.29) is 12.0 Å². The second kappa shape index (κ2) is 7.38. The maximum absolute atomic E-state index is 11.3. The van der Waals surface area contributed by atoms with E-state index in [4.69, 9.17) is 10.5 Å². The molecule has 0 bridgehead atoms. The predicted octanol–water partition coefficient (Wildman–Crippen LogP) is 0.0575. The van der Waals surface area contributed by atoms with E-state index in [1.807, 2.05) is 0 Å². The number of hydrogen-bond acceptors (Lipinski definition) is 5. The van der Waals surface area contributed by atoms with E-state index in [1.54, 1.807) is 19.9 Å². The molecule has 5 nitrogen and oxygen atoms in total. The van der Waals surface area contributed by atoms with Crippen LogP contribution in [-0.4, -0.2) is 44.4 Å². The van der Waals surface area contributed by atoms with E-state index in [2.05, 4.69) is 16.6 Å². The van der Waals surface area contributed by atoms with Crippen molar-refractivity contribution < 1.29 is 14.3 Å². The Morgan fingerprint density at radius 2 is 2.25 bits per heavy atom. The fraction of sp³-hybridized carbons (Fsp3) is 0.727. The fourth-order valence-corrected chi connectivity index (χ4v) is 1.08. The maximum atomic E-state index is 11.3. The Labute approximate surface area is 97.0 Å². The number of carbonyl (C=O) groups is 1. The van der Waals surface area contributed by atoms with Gasteiger partial charge in [-0.2, -0.15) is 0 Å². The van der Waals surface area contributed by atoms with Crippen molar-refractivity contribution in [1.29, 1.82) is 0 Å². The van der Waals surface area contributed by atoms with Crippen LogP contribution in [0.3, 0.4) is 0 Å². The van der Waals surface area contributed by atoms with Gasteiger partial charge in [-0.05, 0) is 13.8 Å². The molecular weight excluding hydrogens is 208 g/mol. The van der Waals surface area contributed by atoms with Crippen LogP contribution in [-0.2, 0) is 14.3 Å². The molecule has 16 heavy (non-hydrogen) atoms. The first-order chi connectivity index (χ1) is 7.44. The molecule has 0 rings (SSSR count). The quantitative estimate of drug-likeness (QED) is 0.350. The van der Waals surface area contributed by atoms with E-state index in [0.717, 1.165) is 0 Å². The summed E-state index contributed by atoms with van der Waals surface area (Å²) in [6, 6.07) is -0.163. The van der Waals surface area contributed by atoms with Gasteiger partial charge in [-0.1, -0.05) is 6.08 Å². The minimum Gasteiger partial charge on any atom is -0.468 e. The second-order valence-electron chi connectivity index (χ2n) is 4.08. The van der Waals surface area contributed by atoms with Crippen molar-refractivity contribution in [3.8, 4) is 0 Å². The molecule has 0 heterocycles. The van der Waals surface area contributed by atoms with Gasteiger partial charge in [0.2, 0.25) is 0 Å². The van der Waals surface area contributed by atoms with Gasteiger partial charge in [0.05, 0.1) is 20.3 Å². The van der Waals surface area contributed by atoms with Crippen molar-refractivity contribution in [1.82, 2.24) is 5.32 Å². The second-order valence-corrected chi connectivity index (χ2v) is 4.08. The molecule has 0 aliphatic carbocycles. The van der Waals surface area contributed by atoms with Gasteiger partial charge in [-0.25, -0.2) is 0 Å². The molecular formula is C11H22N2O3. The number of esters is 1. The lowest BCUT2D eigenvalue weighted by Gasteiger charge is -2.25. The van der Waals surface area contributed by atoms with Crippen molar-refractivity contribution in [2.45, 2.75) is 25.4 Å². The zero-order chi connectivity index (χ0) is 12.6. The third kappa shape index (κ3) is 5.85. The Bertz CT molecular complexity index is 229. The van der Waals surface area contributed by atoms with Crippen LogP contribution in [0.25, 0.3) is 0 Å².